The molecule has 0 aliphatic carbocycles. The largest absolute Gasteiger partial charge is 0.492 e. The van der Waals surface area contributed by atoms with Crippen LogP contribution in [0.4, 0.5) is 5.13 Å². The number of aromatic nitrogens is 1. The van der Waals surface area contributed by atoms with Crippen LogP contribution in [-0.4, -0.2) is 66.6 Å². The van der Waals surface area contributed by atoms with Crippen molar-refractivity contribution < 1.29 is 9.53 Å². The Morgan fingerprint density at radius 1 is 1.18 bits per heavy atom. The van der Waals surface area contributed by atoms with E-state index in [0.29, 0.717) is 18.3 Å². The highest BCUT2D eigenvalue weighted by Crippen LogP contribution is 2.18. The first-order valence-electron chi connectivity index (χ1n) is 8.94. The number of thiazole rings is 1. The van der Waals surface area contributed by atoms with Crippen molar-refractivity contribution in [3.63, 3.8) is 0 Å². The topological polar surface area (TPSA) is 57.7 Å². The van der Waals surface area contributed by atoms with E-state index in [9.17, 15) is 4.79 Å². The second-order valence-corrected chi connectivity index (χ2v) is 7.52. The van der Waals surface area contributed by atoms with Crippen LogP contribution in [0.25, 0.3) is 0 Å². The van der Waals surface area contributed by atoms with E-state index in [2.05, 4.69) is 46.1 Å². The predicted molar refractivity (Wildman–Crippen MR) is 120 cm³/mol. The van der Waals surface area contributed by atoms with Gasteiger partial charge in [0.15, 0.2) is 5.13 Å². The minimum atomic E-state index is 0. The molecule has 6 nitrogen and oxygen atoms in total. The van der Waals surface area contributed by atoms with Gasteiger partial charge in [0.1, 0.15) is 12.4 Å². The lowest BCUT2D eigenvalue weighted by atomic mass is 10.1. The third-order valence-corrected chi connectivity index (χ3v) is 5.19. The van der Waals surface area contributed by atoms with Crippen LogP contribution < -0.4 is 10.1 Å². The molecule has 3 rings (SSSR count). The Kier molecular flexibility index (Phi) is 10.8. The number of rotatable bonds is 7. The quantitative estimate of drug-likeness (QED) is 0.707. The van der Waals surface area contributed by atoms with Gasteiger partial charge in [0.2, 0.25) is 5.91 Å². The van der Waals surface area contributed by atoms with Crippen LogP contribution in [0, 0.1) is 13.8 Å². The Labute approximate surface area is 183 Å². The Morgan fingerprint density at radius 3 is 2.54 bits per heavy atom. The molecule has 0 radical (unpaired) electrons. The van der Waals surface area contributed by atoms with Crippen LogP contribution in [0.15, 0.2) is 29.8 Å². The molecule has 0 unspecified atom stereocenters. The number of piperazine rings is 1. The number of anilines is 1. The fourth-order valence-electron chi connectivity index (χ4n) is 3.06. The number of hydrogen-bond acceptors (Lipinski definition) is 6. The summed E-state index contributed by atoms with van der Waals surface area (Å²) in [7, 11) is 0. The number of benzene rings is 1. The van der Waals surface area contributed by atoms with Gasteiger partial charge in [0.05, 0.1) is 6.54 Å². The Morgan fingerprint density at radius 2 is 1.89 bits per heavy atom. The van der Waals surface area contributed by atoms with Gasteiger partial charge in [0, 0.05) is 44.3 Å². The first-order valence-corrected chi connectivity index (χ1v) is 9.82. The minimum Gasteiger partial charge on any atom is -0.492 e. The average molecular weight is 447 g/mol. The van der Waals surface area contributed by atoms with Crippen molar-refractivity contribution in [3.05, 3.63) is 40.9 Å². The number of ether oxygens (including phenoxy) is 1. The lowest BCUT2D eigenvalue weighted by Crippen LogP contribution is -2.49. The maximum atomic E-state index is 12.0. The summed E-state index contributed by atoms with van der Waals surface area (Å²) in [4.78, 5) is 20.7. The van der Waals surface area contributed by atoms with Gasteiger partial charge in [-0.2, -0.15) is 0 Å². The fourth-order valence-corrected chi connectivity index (χ4v) is 3.61. The number of amides is 1. The smallest absolute Gasteiger partial charge is 0.240 e. The van der Waals surface area contributed by atoms with Gasteiger partial charge in [-0.05, 0) is 25.5 Å². The fraction of sp³-hybridized carbons (Fsp3) is 0.474. The maximum Gasteiger partial charge on any atom is 0.240 e. The number of carbonyl (C=O) groups is 1. The number of nitrogens with zero attached hydrogens (tertiary/aromatic N) is 3. The Balaban J connectivity index is 0.00000196. The second kappa shape index (κ2) is 12.2. The first-order chi connectivity index (χ1) is 12.6. The number of carbonyl (C=O) groups excluding carboxylic acids is 1. The molecule has 1 saturated heterocycles. The van der Waals surface area contributed by atoms with Crippen LogP contribution in [0.3, 0.4) is 0 Å². The van der Waals surface area contributed by atoms with Crippen molar-refractivity contribution in [2.24, 2.45) is 0 Å². The van der Waals surface area contributed by atoms with Gasteiger partial charge in [-0.25, -0.2) is 4.98 Å². The number of hydrogen-bond donors (Lipinski definition) is 1. The molecule has 1 aliphatic heterocycles. The van der Waals surface area contributed by atoms with Gasteiger partial charge in [-0.3, -0.25) is 14.6 Å². The van der Waals surface area contributed by atoms with E-state index < -0.39 is 0 Å². The molecule has 9 heteroatoms. The van der Waals surface area contributed by atoms with Crippen molar-refractivity contribution >= 4 is 47.2 Å². The molecule has 2 aromatic rings. The van der Waals surface area contributed by atoms with E-state index >= 15 is 0 Å². The molecule has 2 heterocycles. The zero-order chi connectivity index (χ0) is 18.4. The molecule has 0 bridgehead atoms. The summed E-state index contributed by atoms with van der Waals surface area (Å²) >= 11 is 1.44. The van der Waals surface area contributed by atoms with E-state index in [1.54, 1.807) is 6.20 Å². The highest BCUT2D eigenvalue weighted by atomic mass is 35.5. The van der Waals surface area contributed by atoms with Crippen LogP contribution >= 0.6 is 36.2 Å². The zero-order valence-corrected chi connectivity index (χ0v) is 18.7. The molecule has 0 saturated carbocycles. The standard InChI is InChI=1S/C19H26N4O2S.2ClH/c1-15-3-4-17(16(2)13-15)25-11-10-22-6-8-23(9-7-22)14-18(24)21-19-20-5-12-26-19;;/h3-5,12-13H,6-11,14H2,1-2H3,(H,20,21,24);2*1H. The SMILES string of the molecule is Cc1ccc(OCCN2CCN(CC(=O)Nc3nccs3)CC2)c(C)c1.Cl.Cl. The Hall–Kier alpha value is -1.38. The van der Waals surface area contributed by atoms with Crippen LogP contribution in [0.1, 0.15) is 11.1 Å². The number of aryl methyl sites for hydroxylation is 2. The minimum absolute atomic E-state index is 0. The zero-order valence-electron chi connectivity index (χ0n) is 16.2. The third-order valence-electron chi connectivity index (χ3n) is 4.51. The Bertz CT molecular complexity index is 723. The molecule has 1 N–H and O–H groups in total. The van der Waals surface area contributed by atoms with Crippen molar-refractivity contribution in [1.82, 2.24) is 14.8 Å². The number of nitrogens with one attached hydrogen (secondary N) is 1. The molecular formula is C19H28Cl2N4O2S. The van der Waals surface area contributed by atoms with Crippen molar-refractivity contribution in [3.8, 4) is 5.75 Å². The van der Waals surface area contributed by atoms with Gasteiger partial charge in [0.25, 0.3) is 0 Å². The third kappa shape index (κ3) is 7.56. The van der Waals surface area contributed by atoms with Gasteiger partial charge in [-0.1, -0.05) is 17.7 Å². The number of halogens is 2. The molecule has 1 aliphatic rings. The molecule has 1 amide bonds. The summed E-state index contributed by atoms with van der Waals surface area (Å²) < 4.78 is 5.92. The molecular weight excluding hydrogens is 419 g/mol. The first kappa shape index (κ1) is 24.7. The molecule has 0 atom stereocenters. The van der Waals surface area contributed by atoms with Crippen molar-refractivity contribution in [1.29, 1.82) is 0 Å². The van der Waals surface area contributed by atoms with E-state index in [1.165, 1.54) is 22.5 Å². The van der Waals surface area contributed by atoms with Crippen LogP contribution in [0.2, 0.25) is 0 Å². The maximum absolute atomic E-state index is 12.0. The summed E-state index contributed by atoms with van der Waals surface area (Å²) in [5.41, 5.74) is 2.44. The van der Waals surface area contributed by atoms with Gasteiger partial charge < -0.3 is 10.1 Å². The highest BCUT2D eigenvalue weighted by Gasteiger charge is 2.19. The monoisotopic (exact) mass is 446 g/mol. The van der Waals surface area contributed by atoms with E-state index in [4.69, 9.17) is 4.74 Å². The van der Waals surface area contributed by atoms with E-state index in [0.717, 1.165) is 38.5 Å². The van der Waals surface area contributed by atoms with E-state index in [1.807, 2.05) is 11.4 Å². The van der Waals surface area contributed by atoms with Gasteiger partial charge in [-0.15, -0.1) is 36.2 Å². The summed E-state index contributed by atoms with van der Waals surface area (Å²) in [5.74, 6) is 0.972. The highest BCUT2D eigenvalue weighted by molar-refractivity contribution is 7.13. The second-order valence-electron chi connectivity index (χ2n) is 6.62. The molecule has 1 fully saturated rings. The molecule has 0 spiro atoms. The summed E-state index contributed by atoms with van der Waals surface area (Å²) in [6.45, 7) is 9.91. The lowest BCUT2D eigenvalue weighted by Gasteiger charge is -2.34. The normalized spacial score (nSPS) is 14.6. The summed E-state index contributed by atoms with van der Waals surface area (Å²) in [5, 5.41) is 5.36. The summed E-state index contributed by atoms with van der Waals surface area (Å²) in [6.07, 6.45) is 1.69. The lowest BCUT2D eigenvalue weighted by molar-refractivity contribution is -0.117. The van der Waals surface area contributed by atoms with Gasteiger partial charge >= 0.3 is 0 Å². The van der Waals surface area contributed by atoms with Crippen molar-refractivity contribution in [2.45, 2.75) is 13.8 Å². The van der Waals surface area contributed by atoms with Crippen LogP contribution in [0.5, 0.6) is 5.75 Å². The molecule has 156 valence electrons. The molecule has 28 heavy (non-hydrogen) atoms. The van der Waals surface area contributed by atoms with Crippen molar-refractivity contribution in [2.75, 3.05) is 51.2 Å². The predicted octanol–water partition coefficient (Wildman–Crippen LogP) is 3.24. The van der Waals surface area contributed by atoms with E-state index in [-0.39, 0.29) is 30.7 Å². The summed E-state index contributed by atoms with van der Waals surface area (Å²) in [6, 6.07) is 6.27. The average Bonchev–Trinajstić information content (AvgIpc) is 3.11. The molecule has 1 aromatic heterocycles. The molecule has 1 aromatic carbocycles. The van der Waals surface area contributed by atoms with Crippen LogP contribution in [-0.2, 0) is 4.79 Å².